The minimum Gasteiger partial charge on any atom is -0.415 e. The predicted molar refractivity (Wildman–Crippen MR) is 125 cm³/mol. The van der Waals surface area contributed by atoms with Gasteiger partial charge in [-0.05, 0) is 42.5 Å². The first-order valence-electron chi connectivity index (χ1n) is 10.7. The van der Waals surface area contributed by atoms with E-state index in [1.54, 1.807) is 17.9 Å². The SMILES string of the molecule is CC.Cc1ccc(NC(=O)N(CC2CS(=O)C2)c2ccccc2C(C)C)c(OC(F)F)n1. The van der Waals surface area contributed by atoms with Crippen molar-refractivity contribution in [2.75, 3.05) is 28.3 Å². The molecule has 1 saturated heterocycles. The third kappa shape index (κ3) is 6.72. The first-order chi connectivity index (χ1) is 15.2. The average molecular weight is 468 g/mol. The van der Waals surface area contributed by atoms with Gasteiger partial charge in [-0.15, -0.1) is 0 Å². The van der Waals surface area contributed by atoms with Gasteiger partial charge in [0, 0.05) is 40.2 Å². The van der Waals surface area contributed by atoms with Crippen LogP contribution in [-0.4, -0.2) is 39.9 Å². The molecule has 0 unspecified atom stereocenters. The van der Waals surface area contributed by atoms with E-state index in [4.69, 9.17) is 0 Å². The van der Waals surface area contributed by atoms with Crippen LogP contribution in [0.5, 0.6) is 5.88 Å². The second-order valence-electron chi connectivity index (χ2n) is 7.58. The van der Waals surface area contributed by atoms with Crippen LogP contribution in [0, 0.1) is 12.8 Å². The van der Waals surface area contributed by atoms with Gasteiger partial charge in [-0.1, -0.05) is 45.9 Å². The molecule has 0 saturated carbocycles. The molecule has 2 heterocycles. The summed E-state index contributed by atoms with van der Waals surface area (Å²) in [5.74, 6) is 1.04. The van der Waals surface area contributed by atoms with Crippen LogP contribution < -0.4 is 15.0 Å². The van der Waals surface area contributed by atoms with Crippen molar-refractivity contribution in [3.8, 4) is 5.88 Å². The van der Waals surface area contributed by atoms with Gasteiger partial charge in [-0.2, -0.15) is 8.78 Å². The number of carbonyl (C=O) groups excluding carboxylic acids is 1. The van der Waals surface area contributed by atoms with E-state index >= 15 is 0 Å². The fourth-order valence-corrected chi connectivity index (χ4v) is 4.50. The summed E-state index contributed by atoms with van der Waals surface area (Å²) in [4.78, 5) is 18.8. The highest BCUT2D eigenvalue weighted by atomic mass is 32.2. The van der Waals surface area contributed by atoms with Crippen LogP contribution in [0.4, 0.5) is 25.0 Å². The lowest BCUT2D eigenvalue weighted by Crippen LogP contribution is -2.45. The molecule has 0 aliphatic carbocycles. The molecule has 1 N–H and O–H groups in total. The Kier molecular flexibility index (Phi) is 9.56. The fourth-order valence-electron chi connectivity index (χ4n) is 3.34. The van der Waals surface area contributed by atoms with Crippen molar-refractivity contribution >= 4 is 28.2 Å². The Morgan fingerprint density at radius 3 is 2.47 bits per heavy atom. The number of alkyl halides is 2. The number of carbonyl (C=O) groups is 1. The van der Waals surface area contributed by atoms with Gasteiger partial charge in [0.1, 0.15) is 5.69 Å². The number of nitrogens with zero attached hydrogens (tertiary/aromatic N) is 2. The third-order valence-corrected chi connectivity index (χ3v) is 6.51. The van der Waals surface area contributed by atoms with E-state index in [2.05, 4.69) is 15.0 Å². The van der Waals surface area contributed by atoms with Gasteiger partial charge in [-0.3, -0.25) is 9.11 Å². The minimum absolute atomic E-state index is 0.0649. The topological polar surface area (TPSA) is 71.5 Å². The molecule has 0 radical (unpaired) electrons. The lowest BCUT2D eigenvalue weighted by atomic mass is 10.00. The van der Waals surface area contributed by atoms with Crippen LogP contribution in [-0.2, 0) is 10.8 Å². The first-order valence-corrected chi connectivity index (χ1v) is 12.2. The van der Waals surface area contributed by atoms with E-state index in [0.29, 0.717) is 23.7 Å². The van der Waals surface area contributed by atoms with Crippen molar-refractivity contribution in [1.29, 1.82) is 0 Å². The number of aromatic nitrogens is 1. The molecular formula is C23H31F2N3O3S. The number of halogens is 2. The number of hydrogen-bond donors (Lipinski definition) is 1. The lowest BCUT2D eigenvalue weighted by molar-refractivity contribution is -0.0523. The maximum absolute atomic E-state index is 13.2. The maximum atomic E-state index is 13.2. The van der Waals surface area contributed by atoms with Gasteiger partial charge >= 0.3 is 12.6 Å². The normalized spacial score (nSPS) is 17.3. The number of rotatable bonds is 7. The summed E-state index contributed by atoms with van der Waals surface area (Å²) >= 11 is 0. The molecule has 9 heteroatoms. The Hall–Kier alpha value is -2.55. The molecule has 0 atom stereocenters. The highest BCUT2D eigenvalue weighted by molar-refractivity contribution is 7.86. The van der Waals surface area contributed by atoms with Crippen molar-refractivity contribution in [2.45, 2.75) is 47.1 Å². The molecule has 1 aliphatic rings. The molecule has 32 heavy (non-hydrogen) atoms. The number of ether oxygens (including phenoxy) is 1. The number of para-hydroxylation sites is 1. The second kappa shape index (κ2) is 11.9. The zero-order chi connectivity index (χ0) is 23.8. The summed E-state index contributed by atoms with van der Waals surface area (Å²) in [6.45, 7) is 7.03. The monoisotopic (exact) mass is 467 g/mol. The van der Waals surface area contributed by atoms with Crippen LogP contribution in [0.15, 0.2) is 36.4 Å². The molecule has 6 nitrogen and oxygen atoms in total. The Labute approximate surface area is 190 Å². The van der Waals surface area contributed by atoms with E-state index < -0.39 is 23.4 Å². The molecule has 0 bridgehead atoms. The van der Waals surface area contributed by atoms with Gasteiger partial charge < -0.3 is 10.1 Å². The molecule has 176 valence electrons. The van der Waals surface area contributed by atoms with Gasteiger partial charge in [0.2, 0.25) is 5.88 Å². The number of amides is 2. The molecular weight excluding hydrogens is 436 g/mol. The summed E-state index contributed by atoms with van der Waals surface area (Å²) in [6, 6.07) is 10.2. The van der Waals surface area contributed by atoms with Crippen molar-refractivity contribution in [2.24, 2.45) is 5.92 Å². The number of benzene rings is 1. The van der Waals surface area contributed by atoms with Crippen molar-refractivity contribution < 1.29 is 22.5 Å². The predicted octanol–water partition coefficient (Wildman–Crippen LogP) is 5.56. The molecule has 1 fully saturated rings. The number of pyridine rings is 1. The molecule has 0 spiro atoms. The number of nitrogens with one attached hydrogen (secondary N) is 1. The summed E-state index contributed by atoms with van der Waals surface area (Å²) in [6.07, 6.45) is 0. The molecule has 2 amide bonds. The highest BCUT2D eigenvalue weighted by Crippen LogP contribution is 2.31. The number of urea groups is 1. The zero-order valence-electron chi connectivity index (χ0n) is 19.1. The summed E-state index contributed by atoms with van der Waals surface area (Å²) in [7, 11) is -0.845. The summed E-state index contributed by atoms with van der Waals surface area (Å²) in [5, 5.41) is 2.66. The Morgan fingerprint density at radius 1 is 1.22 bits per heavy atom. The molecule has 1 aromatic carbocycles. The smallest absolute Gasteiger partial charge is 0.388 e. The summed E-state index contributed by atoms with van der Waals surface area (Å²) < 4.78 is 41.6. The van der Waals surface area contributed by atoms with Crippen LogP contribution in [0.25, 0.3) is 0 Å². The van der Waals surface area contributed by atoms with Gasteiger partial charge in [0.15, 0.2) is 0 Å². The first kappa shape index (κ1) is 25.7. The quantitative estimate of drug-likeness (QED) is 0.579. The average Bonchev–Trinajstić information content (AvgIpc) is 2.73. The van der Waals surface area contributed by atoms with Crippen LogP contribution in [0.3, 0.4) is 0 Å². The number of hydrogen-bond acceptors (Lipinski definition) is 4. The standard InChI is InChI=1S/C21H25F2N3O3S.C2H6/c1-13(2)16-6-4-5-7-18(16)26(10-15-11-30(28)12-15)21(27)25-17-9-8-14(3)24-19(17)29-20(22)23;1-2/h4-9,13,15,20H,10-12H2,1-3H3,(H,25,27);1-2H3. The van der Waals surface area contributed by atoms with Crippen LogP contribution in [0.2, 0.25) is 0 Å². The van der Waals surface area contributed by atoms with E-state index in [1.807, 2.05) is 52.0 Å². The zero-order valence-corrected chi connectivity index (χ0v) is 19.9. The second-order valence-corrected chi connectivity index (χ2v) is 9.12. The minimum atomic E-state index is -3.06. The maximum Gasteiger partial charge on any atom is 0.388 e. The van der Waals surface area contributed by atoms with E-state index in [1.165, 1.54) is 6.07 Å². The van der Waals surface area contributed by atoms with Crippen molar-refractivity contribution in [1.82, 2.24) is 4.98 Å². The van der Waals surface area contributed by atoms with E-state index in [-0.39, 0.29) is 23.4 Å². The van der Waals surface area contributed by atoms with E-state index in [9.17, 15) is 17.8 Å². The highest BCUT2D eigenvalue weighted by Gasteiger charge is 2.31. The van der Waals surface area contributed by atoms with Crippen molar-refractivity contribution in [3.63, 3.8) is 0 Å². The Bertz CT molecular complexity index is 932. The number of anilines is 2. The van der Waals surface area contributed by atoms with Gasteiger partial charge in [-0.25, -0.2) is 9.78 Å². The van der Waals surface area contributed by atoms with Crippen molar-refractivity contribution in [3.05, 3.63) is 47.7 Å². The van der Waals surface area contributed by atoms with Crippen LogP contribution in [0.1, 0.15) is 44.9 Å². The van der Waals surface area contributed by atoms with Gasteiger partial charge in [0.05, 0.1) is 0 Å². The Balaban J connectivity index is 0.00000176. The third-order valence-electron chi connectivity index (χ3n) is 4.82. The fraction of sp³-hybridized carbons (Fsp3) is 0.478. The number of aryl methyl sites for hydroxylation is 1. The van der Waals surface area contributed by atoms with Crippen LogP contribution >= 0.6 is 0 Å². The molecule has 1 aromatic heterocycles. The van der Waals surface area contributed by atoms with Gasteiger partial charge in [0.25, 0.3) is 0 Å². The molecule has 2 aromatic rings. The lowest BCUT2D eigenvalue weighted by Gasteiger charge is -2.33. The van der Waals surface area contributed by atoms with E-state index in [0.717, 1.165) is 11.3 Å². The largest absolute Gasteiger partial charge is 0.415 e. The summed E-state index contributed by atoms with van der Waals surface area (Å²) in [5.41, 5.74) is 2.27. The molecule has 3 rings (SSSR count). The molecule has 1 aliphatic heterocycles. The Morgan fingerprint density at radius 2 is 1.88 bits per heavy atom.